The molecule has 0 fully saturated rings. The van der Waals surface area contributed by atoms with E-state index in [0.29, 0.717) is 23.1 Å². The number of aromatic nitrogens is 1. The van der Waals surface area contributed by atoms with Crippen molar-refractivity contribution in [1.82, 2.24) is 10.3 Å². The smallest absolute Gasteiger partial charge is 0.248 e. The second-order valence-corrected chi connectivity index (χ2v) is 17.2. The summed E-state index contributed by atoms with van der Waals surface area (Å²) in [6.45, 7) is 1.67. The van der Waals surface area contributed by atoms with Gasteiger partial charge in [-0.3, -0.25) is 4.79 Å². The lowest BCUT2D eigenvalue weighted by Crippen LogP contribution is -2.52. The van der Waals surface area contributed by atoms with Crippen molar-refractivity contribution in [2.45, 2.75) is 95.1 Å². The van der Waals surface area contributed by atoms with Gasteiger partial charge in [-0.15, -0.1) is 11.3 Å². The van der Waals surface area contributed by atoms with Crippen molar-refractivity contribution in [3.63, 3.8) is 0 Å². The maximum absolute atomic E-state index is 15.5. The number of hydrogen-bond acceptors (Lipinski definition) is 8. The molecule has 0 bridgehead atoms. The number of methoxy groups -OCH3 is 1. The highest BCUT2D eigenvalue weighted by Gasteiger charge is 2.53. The Bertz CT molecular complexity index is 1630. The molecule has 47 heavy (non-hydrogen) atoms. The van der Waals surface area contributed by atoms with Crippen LogP contribution in [0, 0.1) is 5.82 Å². The molecule has 0 saturated carbocycles. The third-order valence-corrected chi connectivity index (χ3v) is 12.8. The normalized spacial score (nSPS) is 13.5. The third kappa shape index (κ3) is 11.3. The molecule has 1 aromatic heterocycles. The number of hydrogen-bond donors (Lipinski definition) is 2. The molecule has 0 saturated heterocycles. The summed E-state index contributed by atoms with van der Waals surface area (Å²) in [6, 6.07) is 12.3. The number of carbonyl (C=O) groups excluding carboxylic acids is 1. The molecule has 13 heteroatoms. The number of thiazole rings is 1. The predicted molar refractivity (Wildman–Crippen MR) is 189 cm³/mol. The number of rotatable bonds is 23. The van der Waals surface area contributed by atoms with Crippen LogP contribution in [-0.4, -0.2) is 59.5 Å². The van der Waals surface area contributed by atoms with Gasteiger partial charge in [0, 0.05) is 13.7 Å². The van der Waals surface area contributed by atoms with E-state index in [1.54, 1.807) is 6.07 Å². The summed E-state index contributed by atoms with van der Waals surface area (Å²) in [5.74, 6) is -2.58. The first kappa shape index (κ1) is 39.0. The molecule has 3 N–H and O–H groups in total. The number of ether oxygens (including phenoxy) is 1. The molecule has 3 aromatic rings. The van der Waals surface area contributed by atoms with Crippen LogP contribution in [0.3, 0.4) is 0 Å². The Kier molecular flexibility index (Phi) is 15.7. The molecule has 2 aromatic carbocycles. The lowest BCUT2D eigenvalue weighted by atomic mass is 9.98. The standard InChI is InChI=1S/C34H50FN3O6S3/c1-3-4-5-6-7-8-9-10-11-12-13-17-20-34(46(40,41)24-22-44-2,32(39)37-21-23-47(36,42)43)33-38-31-29(35)25-28(26-30(31)45-33)27-18-15-14-16-19-27/h14-16,18-19,25-26H,3-13,17,20-24H2,1-2H3,(H,37,39)(H2,36,42,43). The van der Waals surface area contributed by atoms with Crippen LogP contribution in [0.15, 0.2) is 42.5 Å². The molecule has 9 nitrogen and oxygen atoms in total. The van der Waals surface area contributed by atoms with Crippen LogP contribution in [0.5, 0.6) is 0 Å². The maximum Gasteiger partial charge on any atom is 0.248 e. The van der Waals surface area contributed by atoms with Crippen LogP contribution < -0.4 is 10.5 Å². The third-order valence-electron chi connectivity index (χ3n) is 8.41. The molecule has 262 valence electrons. The van der Waals surface area contributed by atoms with Gasteiger partial charge in [0.15, 0.2) is 15.7 Å². The monoisotopic (exact) mass is 711 g/mol. The second kappa shape index (κ2) is 18.9. The molecular weight excluding hydrogens is 662 g/mol. The number of sulfone groups is 1. The van der Waals surface area contributed by atoms with E-state index in [2.05, 4.69) is 17.2 Å². The molecule has 0 spiro atoms. The average Bonchev–Trinajstić information content (AvgIpc) is 3.47. The zero-order valence-electron chi connectivity index (χ0n) is 27.6. The Morgan fingerprint density at radius 2 is 1.49 bits per heavy atom. The van der Waals surface area contributed by atoms with Crippen LogP contribution in [0.25, 0.3) is 21.3 Å². The van der Waals surface area contributed by atoms with E-state index >= 15 is 4.39 Å². The van der Waals surface area contributed by atoms with E-state index in [0.717, 1.165) is 42.6 Å². The number of sulfonamides is 1. The number of nitrogens with two attached hydrogens (primary N) is 1. The number of nitrogens with one attached hydrogen (secondary N) is 1. The van der Waals surface area contributed by atoms with Crippen LogP contribution in [0.4, 0.5) is 4.39 Å². The van der Waals surface area contributed by atoms with Gasteiger partial charge in [0.2, 0.25) is 20.7 Å². The molecular formula is C34H50FN3O6S3. The highest BCUT2D eigenvalue weighted by molar-refractivity contribution is 7.93. The zero-order valence-corrected chi connectivity index (χ0v) is 30.1. The first-order chi connectivity index (χ1) is 22.4. The van der Waals surface area contributed by atoms with Crippen molar-refractivity contribution in [3.8, 4) is 11.1 Å². The number of carbonyl (C=O) groups is 1. The fraction of sp³-hybridized carbons (Fsp3) is 0.588. The molecule has 0 radical (unpaired) electrons. The lowest BCUT2D eigenvalue weighted by Gasteiger charge is -2.30. The highest BCUT2D eigenvalue weighted by Crippen LogP contribution is 2.42. The number of primary sulfonamides is 1. The molecule has 1 atom stereocenters. The van der Waals surface area contributed by atoms with E-state index in [1.807, 2.05) is 30.3 Å². The molecule has 1 heterocycles. The average molecular weight is 712 g/mol. The van der Waals surface area contributed by atoms with E-state index in [1.165, 1.54) is 51.7 Å². The Morgan fingerprint density at radius 1 is 0.894 bits per heavy atom. The lowest BCUT2D eigenvalue weighted by molar-refractivity contribution is -0.124. The maximum atomic E-state index is 15.5. The number of fused-ring (bicyclic) bond motifs is 1. The van der Waals surface area contributed by atoms with E-state index in [-0.39, 0.29) is 30.1 Å². The Hall–Kier alpha value is -2.45. The van der Waals surface area contributed by atoms with E-state index in [9.17, 15) is 21.6 Å². The number of unbranched alkanes of at least 4 members (excludes halogenated alkanes) is 11. The molecule has 1 unspecified atom stereocenters. The first-order valence-electron chi connectivity index (χ1n) is 16.6. The van der Waals surface area contributed by atoms with Gasteiger partial charge >= 0.3 is 0 Å². The van der Waals surface area contributed by atoms with Crippen LogP contribution in [0.1, 0.15) is 95.4 Å². The number of benzene rings is 2. The Morgan fingerprint density at radius 3 is 2.06 bits per heavy atom. The van der Waals surface area contributed by atoms with Gasteiger partial charge in [-0.25, -0.2) is 31.3 Å². The Balaban J connectivity index is 1.91. The largest absolute Gasteiger partial charge is 0.384 e. The minimum Gasteiger partial charge on any atom is -0.384 e. The fourth-order valence-electron chi connectivity index (χ4n) is 5.74. The Labute approximate surface area is 283 Å². The van der Waals surface area contributed by atoms with E-state index < -0.39 is 47.8 Å². The molecule has 0 aliphatic carbocycles. The number of halogens is 1. The van der Waals surface area contributed by atoms with Gasteiger partial charge in [0.05, 0.1) is 22.8 Å². The zero-order chi connectivity index (χ0) is 34.3. The van der Waals surface area contributed by atoms with Gasteiger partial charge in [-0.1, -0.05) is 114 Å². The van der Waals surface area contributed by atoms with Crippen LogP contribution in [-0.2, 0) is 34.1 Å². The van der Waals surface area contributed by atoms with E-state index in [4.69, 9.17) is 9.88 Å². The molecule has 0 aliphatic rings. The SMILES string of the molecule is CCCCCCCCCCCCCCC(C(=O)NCCS(N)(=O)=O)(c1nc2c(F)cc(-c3ccccc3)cc2s1)S(=O)(=O)CCOC. The summed E-state index contributed by atoms with van der Waals surface area (Å²) in [5, 5.41) is 7.60. The topological polar surface area (TPSA) is 146 Å². The number of amides is 1. The summed E-state index contributed by atoms with van der Waals surface area (Å²) >= 11 is 0.964. The van der Waals surface area contributed by atoms with Gasteiger partial charge in [0.1, 0.15) is 10.5 Å². The van der Waals surface area contributed by atoms with Crippen molar-refractivity contribution in [1.29, 1.82) is 0 Å². The van der Waals surface area contributed by atoms with Gasteiger partial charge in [0.25, 0.3) is 0 Å². The summed E-state index contributed by atoms with van der Waals surface area (Å²) < 4.78 is 70.4. The summed E-state index contributed by atoms with van der Waals surface area (Å²) in [5.41, 5.74) is 1.35. The van der Waals surface area contributed by atoms with Crippen LogP contribution >= 0.6 is 11.3 Å². The highest BCUT2D eigenvalue weighted by atomic mass is 32.2. The summed E-state index contributed by atoms with van der Waals surface area (Å²) in [7, 11) is -6.85. The van der Waals surface area contributed by atoms with Crippen molar-refractivity contribution >= 4 is 47.3 Å². The molecule has 3 rings (SSSR count). The first-order valence-corrected chi connectivity index (χ1v) is 20.8. The quantitative estimate of drug-likeness (QED) is 0.102. The van der Waals surface area contributed by atoms with Gasteiger partial charge in [-0.05, 0) is 29.7 Å². The van der Waals surface area contributed by atoms with Crippen molar-refractivity contribution < 1.29 is 30.8 Å². The van der Waals surface area contributed by atoms with Crippen molar-refractivity contribution in [2.24, 2.45) is 5.14 Å². The van der Waals surface area contributed by atoms with Crippen molar-refractivity contribution in [2.75, 3.05) is 31.8 Å². The van der Waals surface area contributed by atoms with Crippen LogP contribution in [0.2, 0.25) is 0 Å². The van der Waals surface area contributed by atoms with Gasteiger partial charge in [-0.2, -0.15) is 0 Å². The summed E-state index contributed by atoms with van der Waals surface area (Å²) in [4.78, 5) is 18.5. The fourth-order valence-corrected chi connectivity index (χ4v) is 9.62. The number of nitrogens with zero attached hydrogens (tertiary/aromatic N) is 1. The minimum atomic E-state index is -4.29. The second-order valence-electron chi connectivity index (χ2n) is 12.1. The summed E-state index contributed by atoms with van der Waals surface area (Å²) in [6.07, 6.45) is 12.7. The van der Waals surface area contributed by atoms with Gasteiger partial charge < -0.3 is 10.1 Å². The molecule has 0 aliphatic heterocycles. The minimum absolute atomic E-state index is 0.0250. The predicted octanol–water partition coefficient (Wildman–Crippen LogP) is 6.85. The molecule has 1 amide bonds. The van der Waals surface area contributed by atoms with Crippen molar-refractivity contribution in [3.05, 3.63) is 53.3 Å².